The summed E-state index contributed by atoms with van der Waals surface area (Å²) >= 11 is 0. The molecule has 0 bridgehead atoms. The number of carboxylic acid groups (broad SMARTS) is 1. The minimum Gasteiger partial charge on any atom is -1.00 e. The fourth-order valence-corrected chi connectivity index (χ4v) is 2.19. The molecule has 0 aliphatic rings. The zero-order valence-electron chi connectivity index (χ0n) is 19.0. The Kier molecular flexibility index (Phi) is 15.3. The molecule has 0 fully saturated rings. The molecule has 0 saturated heterocycles. The Balaban J connectivity index is 0. The molecule has 6 nitrogen and oxygen atoms in total. The summed E-state index contributed by atoms with van der Waals surface area (Å²) in [4.78, 5) is 19.6. The molecule has 0 aromatic heterocycles. The van der Waals surface area contributed by atoms with E-state index < -0.39 is 5.97 Å². The van der Waals surface area contributed by atoms with Crippen molar-refractivity contribution in [2.75, 3.05) is 13.2 Å². The van der Waals surface area contributed by atoms with Crippen LogP contribution in [0.3, 0.4) is 0 Å². The summed E-state index contributed by atoms with van der Waals surface area (Å²) < 4.78 is 0. The second-order valence-corrected chi connectivity index (χ2v) is 6.24. The van der Waals surface area contributed by atoms with Gasteiger partial charge in [-0.05, 0) is 38.0 Å². The van der Waals surface area contributed by atoms with Gasteiger partial charge in [-0.25, -0.2) is 10.7 Å². The molecule has 156 valence electrons. The Morgan fingerprint density at radius 1 is 1.03 bits per heavy atom. The monoisotopic (exact) mass is 420 g/mol. The summed E-state index contributed by atoms with van der Waals surface area (Å²) in [5.41, 5.74) is 4.63. The summed E-state index contributed by atoms with van der Waals surface area (Å²) in [6.45, 7) is 6.17. The zero-order valence-corrected chi connectivity index (χ0v) is 20.0. The van der Waals surface area contributed by atoms with E-state index in [4.69, 9.17) is 15.8 Å². The maximum absolute atomic E-state index is 10.4. The van der Waals surface area contributed by atoms with Gasteiger partial charge in [-0.1, -0.05) is 83.0 Å². The first-order chi connectivity index (χ1) is 13.9. The average Bonchev–Trinajstić information content (AvgIpc) is 2.68. The normalized spacial score (nSPS) is 11.0. The molecule has 3 N–H and O–H groups in total. The molecule has 0 unspecified atom stereocenters. The number of benzene rings is 2. The predicted octanol–water partition coefficient (Wildman–Crippen LogP) is 1.50. The van der Waals surface area contributed by atoms with Gasteiger partial charge in [-0.2, -0.15) is 0 Å². The molecule has 2 rings (SSSR count). The molecular weight excluding hydrogens is 391 g/mol. The van der Waals surface area contributed by atoms with E-state index >= 15 is 0 Å². The van der Waals surface area contributed by atoms with Gasteiger partial charge < -0.3 is 16.2 Å². The Bertz CT molecular complexity index is 870. The van der Waals surface area contributed by atoms with E-state index in [0.29, 0.717) is 6.61 Å². The summed E-state index contributed by atoms with van der Waals surface area (Å²) in [5, 5.41) is 12.0. The molecule has 0 heterocycles. The first-order valence-electron chi connectivity index (χ1n) is 9.10. The van der Waals surface area contributed by atoms with E-state index in [1.165, 1.54) is 23.6 Å². The molecule has 0 aliphatic heterocycles. The largest absolute Gasteiger partial charge is 1.00 e. The van der Waals surface area contributed by atoms with Crippen molar-refractivity contribution in [2.45, 2.75) is 20.8 Å². The molecule has 0 amide bonds. The standard InChI is InChI=1S/C13H15NO3.C10H13NO.Na.H/c1-10-5-3-6-12(9-10)7-4-8-17-14-11(2)13(15)16;1-9-4-2-5-10(8-9)6-3-7-12-11;;/h3-7,9H,8H2,1-2H3,(H,15,16);2-6,8H,7,11H2,1H3;;/q;;+1;-1. The number of aliphatic carboxylic acids is 1. The minimum atomic E-state index is -1.08. The molecule has 0 spiro atoms. The number of nitrogens with zero attached hydrogens (tertiary/aromatic N) is 1. The smallest absolute Gasteiger partial charge is 1.00 e. The number of hydrogen-bond acceptors (Lipinski definition) is 5. The van der Waals surface area contributed by atoms with E-state index in [2.05, 4.69) is 29.0 Å². The van der Waals surface area contributed by atoms with Gasteiger partial charge >= 0.3 is 35.5 Å². The van der Waals surface area contributed by atoms with Crippen LogP contribution in [-0.4, -0.2) is 30.0 Å². The van der Waals surface area contributed by atoms with Crippen molar-refractivity contribution in [2.24, 2.45) is 11.1 Å². The second-order valence-electron chi connectivity index (χ2n) is 6.24. The molecular formula is C23H29N2NaO4. The summed E-state index contributed by atoms with van der Waals surface area (Å²) in [5.74, 6) is 3.80. The SMILES string of the molecule is CC(=NOCC=Cc1cccc(C)c1)C(=O)O.Cc1cccc(C=CCON)c1.[H-].[Na+]. The Morgan fingerprint density at radius 3 is 1.97 bits per heavy atom. The van der Waals surface area contributed by atoms with Crippen molar-refractivity contribution < 1.29 is 50.6 Å². The van der Waals surface area contributed by atoms with E-state index in [1.54, 1.807) is 6.08 Å². The predicted molar refractivity (Wildman–Crippen MR) is 118 cm³/mol. The third-order valence-electron chi connectivity index (χ3n) is 3.58. The van der Waals surface area contributed by atoms with E-state index in [-0.39, 0.29) is 43.3 Å². The molecule has 2 aromatic rings. The van der Waals surface area contributed by atoms with Gasteiger partial charge in [-0.15, -0.1) is 0 Å². The molecule has 0 atom stereocenters. The fraction of sp³-hybridized carbons (Fsp3) is 0.217. The molecule has 0 saturated carbocycles. The minimum absolute atomic E-state index is 0. The van der Waals surface area contributed by atoms with Crippen LogP contribution >= 0.6 is 0 Å². The number of aryl methyl sites for hydroxylation is 2. The summed E-state index contributed by atoms with van der Waals surface area (Å²) in [6.07, 6.45) is 7.56. The van der Waals surface area contributed by atoms with Crippen LogP contribution in [0.25, 0.3) is 12.2 Å². The fourth-order valence-electron chi connectivity index (χ4n) is 2.19. The quantitative estimate of drug-likeness (QED) is 0.292. The van der Waals surface area contributed by atoms with Crippen LogP contribution in [0.15, 0.2) is 65.8 Å². The van der Waals surface area contributed by atoms with Crippen LogP contribution in [0, 0.1) is 13.8 Å². The van der Waals surface area contributed by atoms with Crippen molar-refractivity contribution in [3.05, 3.63) is 82.9 Å². The molecule has 7 heteroatoms. The number of carboxylic acids is 1. The molecule has 2 aromatic carbocycles. The van der Waals surface area contributed by atoms with Crippen molar-refractivity contribution in [3.63, 3.8) is 0 Å². The molecule has 30 heavy (non-hydrogen) atoms. The number of hydrogen-bond donors (Lipinski definition) is 2. The van der Waals surface area contributed by atoms with Crippen LogP contribution in [0.1, 0.15) is 30.6 Å². The second kappa shape index (κ2) is 16.6. The van der Waals surface area contributed by atoms with Gasteiger partial charge in [0.15, 0.2) is 5.71 Å². The molecule has 0 aliphatic carbocycles. The summed E-state index contributed by atoms with van der Waals surface area (Å²) in [6, 6.07) is 16.3. The van der Waals surface area contributed by atoms with Crippen LogP contribution in [0.4, 0.5) is 0 Å². The van der Waals surface area contributed by atoms with Crippen molar-refractivity contribution in [3.8, 4) is 0 Å². The average molecular weight is 420 g/mol. The maximum atomic E-state index is 10.4. The Labute approximate surface area is 201 Å². The van der Waals surface area contributed by atoms with Crippen LogP contribution < -0.4 is 35.5 Å². The van der Waals surface area contributed by atoms with E-state index in [0.717, 1.165) is 5.56 Å². The van der Waals surface area contributed by atoms with Crippen molar-refractivity contribution >= 4 is 23.8 Å². The number of rotatable bonds is 8. The van der Waals surface area contributed by atoms with Crippen LogP contribution in [-0.2, 0) is 14.5 Å². The third-order valence-corrected chi connectivity index (χ3v) is 3.58. The topological polar surface area (TPSA) is 94.1 Å². The van der Waals surface area contributed by atoms with Gasteiger partial charge in [0.25, 0.3) is 0 Å². The summed E-state index contributed by atoms with van der Waals surface area (Å²) in [7, 11) is 0. The van der Waals surface area contributed by atoms with E-state index in [1.807, 2.05) is 61.5 Å². The maximum Gasteiger partial charge on any atom is 1.00 e. The first-order valence-corrected chi connectivity index (χ1v) is 9.10. The van der Waals surface area contributed by atoms with Gasteiger partial charge in [0.2, 0.25) is 0 Å². The van der Waals surface area contributed by atoms with Gasteiger partial charge in [0.1, 0.15) is 6.61 Å². The zero-order chi connectivity index (χ0) is 21.5. The van der Waals surface area contributed by atoms with Crippen molar-refractivity contribution in [1.82, 2.24) is 0 Å². The molecule has 0 radical (unpaired) electrons. The number of nitrogens with two attached hydrogens (primary N) is 1. The Morgan fingerprint density at radius 2 is 1.53 bits per heavy atom. The van der Waals surface area contributed by atoms with Gasteiger partial charge in [0, 0.05) is 0 Å². The first kappa shape index (κ1) is 27.8. The Hall–Kier alpha value is -2.22. The third kappa shape index (κ3) is 13.1. The number of carbonyl (C=O) groups is 1. The van der Waals surface area contributed by atoms with Crippen molar-refractivity contribution in [1.29, 1.82) is 0 Å². The van der Waals surface area contributed by atoms with E-state index in [9.17, 15) is 4.79 Å². The van der Waals surface area contributed by atoms with Gasteiger partial charge in [0.05, 0.1) is 6.61 Å². The number of oxime groups is 1. The van der Waals surface area contributed by atoms with Gasteiger partial charge in [-0.3, -0.25) is 0 Å². The van der Waals surface area contributed by atoms with Crippen LogP contribution in [0.5, 0.6) is 0 Å². The van der Waals surface area contributed by atoms with Crippen LogP contribution in [0.2, 0.25) is 0 Å².